The summed E-state index contributed by atoms with van der Waals surface area (Å²) in [6.45, 7) is 2.59. The van der Waals surface area contributed by atoms with E-state index in [1.54, 1.807) is 6.07 Å². The minimum absolute atomic E-state index is 0.148. The lowest BCUT2D eigenvalue weighted by molar-refractivity contribution is 0.0951. The number of anilines is 1. The smallest absolute Gasteiger partial charge is 0.352 e. The Bertz CT molecular complexity index is 1340. The Hall–Kier alpha value is -3.24. The summed E-state index contributed by atoms with van der Waals surface area (Å²) >= 11 is 1.44. The van der Waals surface area contributed by atoms with E-state index in [1.165, 1.54) is 24.0 Å². The molecular formula is C25H25F2N5O2S. The average Bonchev–Trinajstić information content (AvgIpc) is 3.68. The third kappa shape index (κ3) is 4.55. The molecule has 1 aliphatic carbocycles. The van der Waals surface area contributed by atoms with Crippen molar-refractivity contribution >= 4 is 23.5 Å². The number of fused-ring (bicyclic) bond motifs is 1. The molecule has 7 nitrogen and oxygen atoms in total. The van der Waals surface area contributed by atoms with Crippen molar-refractivity contribution in [2.75, 3.05) is 18.1 Å². The van der Waals surface area contributed by atoms with Crippen molar-refractivity contribution in [2.24, 2.45) is 5.92 Å². The van der Waals surface area contributed by atoms with E-state index >= 15 is 0 Å². The first-order chi connectivity index (χ1) is 16.9. The largest absolute Gasteiger partial charge is 0.353 e. The molecule has 1 saturated carbocycles. The molecule has 35 heavy (non-hydrogen) atoms. The van der Waals surface area contributed by atoms with E-state index in [2.05, 4.69) is 20.9 Å². The predicted octanol–water partition coefficient (Wildman–Crippen LogP) is 3.71. The molecule has 3 aromatic rings. The zero-order valence-corrected chi connectivity index (χ0v) is 20.1. The van der Waals surface area contributed by atoms with Crippen molar-refractivity contribution in [3.05, 3.63) is 87.0 Å². The molecule has 1 amide bonds. The van der Waals surface area contributed by atoms with E-state index < -0.39 is 29.1 Å². The number of benzene rings is 2. The summed E-state index contributed by atoms with van der Waals surface area (Å²) in [5, 5.41) is 9.60. The van der Waals surface area contributed by atoms with Crippen LogP contribution in [0.15, 0.2) is 47.4 Å². The van der Waals surface area contributed by atoms with E-state index in [0.717, 1.165) is 40.7 Å². The van der Waals surface area contributed by atoms with Gasteiger partial charge in [0, 0.05) is 23.9 Å². The molecule has 3 N–H and O–H groups in total. The maximum absolute atomic E-state index is 14.7. The Morgan fingerprint density at radius 3 is 2.63 bits per heavy atom. The first-order valence-electron chi connectivity index (χ1n) is 11.4. The zero-order valence-electron chi connectivity index (χ0n) is 19.3. The summed E-state index contributed by atoms with van der Waals surface area (Å²) in [6, 6.07) is 8.44. The van der Waals surface area contributed by atoms with Crippen LogP contribution in [0.2, 0.25) is 0 Å². The van der Waals surface area contributed by atoms with Crippen molar-refractivity contribution in [3.63, 3.8) is 0 Å². The molecule has 182 valence electrons. The molecule has 2 aromatic carbocycles. The van der Waals surface area contributed by atoms with Crippen LogP contribution in [0.5, 0.6) is 0 Å². The summed E-state index contributed by atoms with van der Waals surface area (Å²) in [6.07, 6.45) is 5.56. The lowest BCUT2D eigenvalue weighted by atomic mass is 9.93. The number of aryl methyl sites for hydroxylation is 1. The Morgan fingerprint density at radius 2 is 1.94 bits per heavy atom. The monoisotopic (exact) mass is 497 g/mol. The summed E-state index contributed by atoms with van der Waals surface area (Å²) in [5.74, 6) is -1.08. The molecule has 2 atom stereocenters. The lowest BCUT2D eigenvalue weighted by Crippen LogP contribution is -2.44. The van der Waals surface area contributed by atoms with Gasteiger partial charge in [0.25, 0.3) is 5.91 Å². The topological polar surface area (TPSA) is 88.0 Å². The number of nitrogens with zero attached hydrogens (tertiary/aromatic N) is 2. The molecule has 0 spiro atoms. The van der Waals surface area contributed by atoms with Gasteiger partial charge in [-0.15, -0.1) is 11.8 Å². The second-order valence-electron chi connectivity index (χ2n) is 8.83. The van der Waals surface area contributed by atoms with Gasteiger partial charge in [0.15, 0.2) is 0 Å². The maximum atomic E-state index is 14.7. The van der Waals surface area contributed by atoms with Gasteiger partial charge < -0.3 is 10.6 Å². The van der Waals surface area contributed by atoms with Gasteiger partial charge in [0.1, 0.15) is 28.6 Å². The third-order valence-corrected chi connectivity index (χ3v) is 7.12. The molecule has 0 bridgehead atoms. The van der Waals surface area contributed by atoms with E-state index in [-0.39, 0.29) is 17.2 Å². The highest BCUT2D eigenvalue weighted by Gasteiger charge is 2.32. The van der Waals surface area contributed by atoms with Crippen molar-refractivity contribution < 1.29 is 13.6 Å². The van der Waals surface area contributed by atoms with Gasteiger partial charge in [-0.2, -0.15) is 0 Å². The van der Waals surface area contributed by atoms with E-state index in [0.29, 0.717) is 23.6 Å². The van der Waals surface area contributed by atoms with Crippen LogP contribution >= 0.6 is 11.8 Å². The van der Waals surface area contributed by atoms with Crippen LogP contribution in [-0.4, -0.2) is 33.8 Å². The fourth-order valence-electron chi connectivity index (χ4n) is 4.28. The Labute approximate surface area is 205 Å². The summed E-state index contributed by atoms with van der Waals surface area (Å²) in [7, 11) is 0. The number of amides is 1. The molecule has 2 unspecified atom stereocenters. The van der Waals surface area contributed by atoms with Gasteiger partial charge in [0.05, 0.1) is 6.04 Å². The van der Waals surface area contributed by atoms with Gasteiger partial charge in [-0.1, -0.05) is 12.1 Å². The van der Waals surface area contributed by atoms with Crippen LogP contribution < -0.4 is 21.6 Å². The number of para-hydroxylation sites is 1. The number of aromatic nitrogens is 2. The Morgan fingerprint density at radius 1 is 1.20 bits per heavy atom. The highest BCUT2D eigenvalue weighted by atomic mass is 32.2. The average molecular weight is 498 g/mol. The second-order valence-corrected chi connectivity index (χ2v) is 9.78. The number of carbonyl (C=O) groups excluding carboxylic acids is 1. The standard InChI is InChI=1S/C25H25F2N5O2S/c1-13-6-9-15(23(33)28-11-14-7-8-14)10-16(13)20-17-12-29-25(34)32(22(17)31-24(30-20)35-2)21-18(26)4-3-5-19(21)27/h3-6,9-10,12,14,20,24,30-31H,7-8,11H2,1-2H3,(H,28,33). The van der Waals surface area contributed by atoms with Gasteiger partial charge >= 0.3 is 5.69 Å². The number of carbonyl (C=O) groups is 1. The van der Waals surface area contributed by atoms with Crippen LogP contribution in [0.1, 0.15) is 45.9 Å². The summed E-state index contributed by atoms with van der Waals surface area (Å²) in [5.41, 5.74) is 1.13. The molecule has 10 heteroatoms. The van der Waals surface area contributed by atoms with Gasteiger partial charge in [-0.3, -0.25) is 10.1 Å². The predicted molar refractivity (Wildman–Crippen MR) is 132 cm³/mol. The van der Waals surface area contributed by atoms with Crippen LogP contribution in [-0.2, 0) is 0 Å². The lowest BCUT2D eigenvalue weighted by Gasteiger charge is -2.35. The van der Waals surface area contributed by atoms with E-state index in [4.69, 9.17) is 0 Å². The quantitative estimate of drug-likeness (QED) is 0.481. The van der Waals surface area contributed by atoms with Gasteiger partial charge in [-0.25, -0.2) is 23.1 Å². The van der Waals surface area contributed by atoms with Crippen LogP contribution in [0.25, 0.3) is 5.69 Å². The maximum Gasteiger partial charge on any atom is 0.353 e. The molecule has 1 fully saturated rings. The highest BCUT2D eigenvalue weighted by Crippen LogP contribution is 2.36. The fraction of sp³-hybridized carbons (Fsp3) is 0.320. The van der Waals surface area contributed by atoms with Crippen molar-refractivity contribution in [3.8, 4) is 5.69 Å². The van der Waals surface area contributed by atoms with Gasteiger partial charge in [-0.05, 0) is 67.3 Å². The molecule has 0 saturated heterocycles. The summed E-state index contributed by atoms with van der Waals surface area (Å²) < 4.78 is 30.4. The highest BCUT2D eigenvalue weighted by molar-refractivity contribution is 7.99. The molecule has 2 heterocycles. The van der Waals surface area contributed by atoms with Crippen LogP contribution in [0.4, 0.5) is 14.6 Å². The van der Waals surface area contributed by atoms with Crippen molar-refractivity contribution in [1.82, 2.24) is 20.2 Å². The number of hydrogen-bond donors (Lipinski definition) is 3. The zero-order chi connectivity index (χ0) is 24.7. The molecule has 1 aliphatic heterocycles. The van der Waals surface area contributed by atoms with Crippen LogP contribution in [0.3, 0.4) is 0 Å². The third-order valence-electron chi connectivity index (χ3n) is 6.40. The fourth-order valence-corrected chi connectivity index (χ4v) is 4.78. The summed E-state index contributed by atoms with van der Waals surface area (Å²) in [4.78, 5) is 29.5. The first-order valence-corrected chi connectivity index (χ1v) is 12.7. The first kappa shape index (κ1) is 23.5. The van der Waals surface area contributed by atoms with Crippen molar-refractivity contribution in [2.45, 2.75) is 31.3 Å². The number of nitrogens with one attached hydrogen (secondary N) is 3. The second kappa shape index (κ2) is 9.43. The number of thioether (sulfide) groups is 1. The van der Waals surface area contributed by atoms with Crippen molar-refractivity contribution in [1.29, 1.82) is 0 Å². The number of rotatable bonds is 6. The minimum Gasteiger partial charge on any atom is -0.352 e. The molecular weight excluding hydrogens is 472 g/mol. The molecule has 0 radical (unpaired) electrons. The van der Waals surface area contributed by atoms with E-state index in [1.807, 2.05) is 25.3 Å². The molecule has 1 aromatic heterocycles. The Kier molecular flexibility index (Phi) is 6.33. The van der Waals surface area contributed by atoms with Crippen LogP contribution in [0, 0.1) is 24.5 Å². The normalized spacial score (nSPS) is 19.1. The molecule has 2 aliphatic rings. The minimum atomic E-state index is -0.870. The number of halogens is 2. The molecule has 5 rings (SSSR count). The SMILES string of the molecule is CSC1Nc2c(cnc(=O)n2-c2c(F)cccc2F)C(c2cc(C(=O)NCC3CC3)ccc2C)N1. The Balaban J connectivity index is 1.62. The van der Waals surface area contributed by atoms with E-state index in [9.17, 15) is 18.4 Å². The van der Waals surface area contributed by atoms with Gasteiger partial charge in [0.2, 0.25) is 0 Å². The number of hydrogen-bond acceptors (Lipinski definition) is 6.